The molecule has 43 heavy (non-hydrogen) atoms. The van der Waals surface area contributed by atoms with Gasteiger partial charge in [-0.2, -0.15) is 0 Å². The standard InChI is InChI=1S/C36H40O7/c37-22-21-36(38)35(42-26-31-19-11-4-12-20-31)34(41-25-30-17-9-3-10-18-30)33(40-24-29-15-7-2-8-16-29)32(43-36)27-39-23-28-13-5-1-6-14-28/h1-20,32-35,37-38H,21-27H2/t32-,33-,34+,35+,36+/m1/s1. The van der Waals surface area contributed by atoms with Crippen LogP contribution < -0.4 is 0 Å². The van der Waals surface area contributed by atoms with E-state index in [-0.39, 0.29) is 32.8 Å². The van der Waals surface area contributed by atoms with Gasteiger partial charge in [-0.1, -0.05) is 121 Å². The van der Waals surface area contributed by atoms with Crippen LogP contribution in [0.3, 0.4) is 0 Å². The summed E-state index contributed by atoms with van der Waals surface area (Å²) < 4.78 is 32.0. The molecule has 0 radical (unpaired) electrons. The van der Waals surface area contributed by atoms with Crippen molar-refractivity contribution in [2.45, 2.75) is 63.1 Å². The summed E-state index contributed by atoms with van der Waals surface area (Å²) in [6, 6.07) is 39.3. The number of aliphatic hydroxyl groups excluding tert-OH is 1. The van der Waals surface area contributed by atoms with Gasteiger partial charge in [-0.15, -0.1) is 0 Å². The lowest BCUT2D eigenvalue weighted by Gasteiger charge is -2.50. The van der Waals surface area contributed by atoms with Gasteiger partial charge in [0.1, 0.15) is 24.4 Å². The number of benzene rings is 4. The summed E-state index contributed by atoms with van der Waals surface area (Å²) >= 11 is 0. The van der Waals surface area contributed by atoms with Crippen LogP contribution in [0, 0.1) is 0 Å². The molecule has 1 saturated heterocycles. The Labute approximate surface area is 253 Å². The Morgan fingerprint density at radius 1 is 0.558 bits per heavy atom. The monoisotopic (exact) mass is 584 g/mol. The fourth-order valence-corrected chi connectivity index (χ4v) is 5.30. The highest BCUT2D eigenvalue weighted by Crippen LogP contribution is 2.37. The highest BCUT2D eigenvalue weighted by atomic mass is 16.7. The molecular weight excluding hydrogens is 544 g/mol. The molecule has 5 rings (SSSR count). The lowest BCUT2D eigenvalue weighted by atomic mass is 9.90. The Balaban J connectivity index is 1.44. The van der Waals surface area contributed by atoms with E-state index in [1.807, 2.05) is 121 Å². The van der Waals surface area contributed by atoms with Crippen molar-refractivity contribution in [1.82, 2.24) is 0 Å². The molecule has 0 bridgehead atoms. The molecule has 226 valence electrons. The van der Waals surface area contributed by atoms with Crippen LogP contribution in [0.4, 0.5) is 0 Å². The smallest absolute Gasteiger partial charge is 0.197 e. The number of ether oxygens (including phenoxy) is 5. The Kier molecular flexibility index (Phi) is 11.5. The minimum Gasteiger partial charge on any atom is -0.396 e. The van der Waals surface area contributed by atoms with Crippen LogP contribution in [0.15, 0.2) is 121 Å². The van der Waals surface area contributed by atoms with Crippen LogP contribution in [-0.2, 0) is 50.1 Å². The quantitative estimate of drug-likeness (QED) is 0.193. The van der Waals surface area contributed by atoms with Crippen LogP contribution in [0.25, 0.3) is 0 Å². The maximum absolute atomic E-state index is 12.0. The van der Waals surface area contributed by atoms with Crippen molar-refractivity contribution in [3.8, 4) is 0 Å². The first kappa shape index (κ1) is 31.0. The fraction of sp³-hybridized carbons (Fsp3) is 0.333. The summed E-state index contributed by atoms with van der Waals surface area (Å²) in [5, 5.41) is 22.0. The third kappa shape index (κ3) is 8.81. The topological polar surface area (TPSA) is 86.6 Å². The molecule has 0 spiro atoms. The zero-order chi connectivity index (χ0) is 29.7. The normalized spacial score (nSPS) is 23.7. The zero-order valence-corrected chi connectivity index (χ0v) is 24.2. The molecule has 4 aromatic rings. The van der Waals surface area contributed by atoms with E-state index in [2.05, 4.69) is 0 Å². The summed E-state index contributed by atoms with van der Waals surface area (Å²) in [5.74, 6) is -1.85. The number of aliphatic hydroxyl groups is 2. The van der Waals surface area contributed by atoms with Crippen molar-refractivity contribution < 1.29 is 33.9 Å². The molecule has 4 aromatic carbocycles. The van der Waals surface area contributed by atoms with Gasteiger partial charge in [0.05, 0.1) is 33.0 Å². The first-order valence-corrected chi connectivity index (χ1v) is 14.7. The van der Waals surface area contributed by atoms with Gasteiger partial charge in [0.25, 0.3) is 0 Å². The molecule has 7 heteroatoms. The lowest BCUT2D eigenvalue weighted by Crippen LogP contribution is -2.67. The summed E-state index contributed by atoms with van der Waals surface area (Å²) in [4.78, 5) is 0. The first-order valence-electron chi connectivity index (χ1n) is 14.7. The van der Waals surface area contributed by atoms with Crippen molar-refractivity contribution in [1.29, 1.82) is 0 Å². The SMILES string of the molecule is OCC[C@]1(O)O[C@H](COCc2ccccc2)[C@@H](OCc2ccccc2)[C@H](OCc2ccccc2)[C@@H]1OCc1ccccc1. The van der Waals surface area contributed by atoms with E-state index < -0.39 is 30.2 Å². The van der Waals surface area contributed by atoms with Gasteiger partial charge in [-0.25, -0.2) is 0 Å². The highest BCUT2D eigenvalue weighted by molar-refractivity contribution is 5.16. The molecule has 7 nitrogen and oxygen atoms in total. The van der Waals surface area contributed by atoms with Crippen molar-refractivity contribution >= 4 is 0 Å². The second-order valence-electron chi connectivity index (χ2n) is 10.7. The predicted octanol–water partition coefficient (Wildman–Crippen LogP) is 5.43. The highest BCUT2D eigenvalue weighted by Gasteiger charge is 2.56. The van der Waals surface area contributed by atoms with E-state index in [0.717, 1.165) is 22.3 Å². The van der Waals surface area contributed by atoms with Gasteiger partial charge in [-0.3, -0.25) is 0 Å². The van der Waals surface area contributed by atoms with Gasteiger partial charge in [0.2, 0.25) is 0 Å². The molecule has 0 aliphatic carbocycles. The molecule has 0 amide bonds. The van der Waals surface area contributed by atoms with Crippen LogP contribution in [0.2, 0.25) is 0 Å². The largest absolute Gasteiger partial charge is 0.396 e. The van der Waals surface area contributed by atoms with Crippen LogP contribution in [0.5, 0.6) is 0 Å². The molecule has 1 fully saturated rings. The van der Waals surface area contributed by atoms with Crippen LogP contribution in [-0.4, -0.2) is 53.6 Å². The second-order valence-corrected chi connectivity index (χ2v) is 10.7. The Morgan fingerprint density at radius 2 is 0.977 bits per heavy atom. The average molecular weight is 585 g/mol. The molecule has 0 unspecified atom stereocenters. The molecule has 1 aliphatic heterocycles. The van der Waals surface area contributed by atoms with E-state index >= 15 is 0 Å². The average Bonchev–Trinajstić information content (AvgIpc) is 3.05. The maximum Gasteiger partial charge on any atom is 0.197 e. The zero-order valence-electron chi connectivity index (χ0n) is 24.2. The summed E-state index contributed by atoms with van der Waals surface area (Å²) in [5.41, 5.74) is 3.92. The summed E-state index contributed by atoms with van der Waals surface area (Å²) in [6.45, 7) is 0.995. The van der Waals surface area contributed by atoms with Crippen LogP contribution >= 0.6 is 0 Å². The third-order valence-corrected chi connectivity index (χ3v) is 7.50. The molecule has 1 heterocycles. The van der Waals surface area contributed by atoms with Crippen molar-refractivity contribution in [2.75, 3.05) is 13.2 Å². The number of hydrogen-bond donors (Lipinski definition) is 2. The van der Waals surface area contributed by atoms with Crippen molar-refractivity contribution in [2.24, 2.45) is 0 Å². The Morgan fingerprint density at radius 3 is 1.44 bits per heavy atom. The maximum atomic E-state index is 12.0. The predicted molar refractivity (Wildman–Crippen MR) is 163 cm³/mol. The molecule has 0 aromatic heterocycles. The Hall–Kier alpha value is -3.40. The van der Waals surface area contributed by atoms with Gasteiger partial charge in [0, 0.05) is 13.0 Å². The van der Waals surface area contributed by atoms with E-state index in [4.69, 9.17) is 23.7 Å². The Bertz CT molecular complexity index is 1320. The number of rotatable bonds is 15. The number of hydrogen-bond acceptors (Lipinski definition) is 7. The summed E-state index contributed by atoms with van der Waals surface area (Å²) in [7, 11) is 0. The second kappa shape index (κ2) is 15.9. The van der Waals surface area contributed by atoms with Gasteiger partial charge >= 0.3 is 0 Å². The molecule has 0 saturated carbocycles. The minimum atomic E-state index is -1.85. The first-order chi connectivity index (χ1) is 21.1. The van der Waals surface area contributed by atoms with E-state index in [1.54, 1.807) is 0 Å². The lowest BCUT2D eigenvalue weighted by molar-refractivity contribution is -0.373. The van der Waals surface area contributed by atoms with Crippen molar-refractivity contribution in [3.63, 3.8) is 0 Å². The summed E-state index contributed by atoms with van der Waals surface area (Å²) in [6.07, 6.45) is -3.14. The molecule has 5 atom stereocenters. The van der Waals surface area contributed by atoms with Gasteiger partial charge in [-0.05, 0) is 22.3 Å². The van der Waals surface area contributed by atoms with Crippen LogP contribution in [0.1, 0.15) is 28.7 Å². The molecular formula is C36H40O7. The van der Waals surface area contributed by atoms with Gasteiger partial charge in [0.15, 0.2) is 5.79 Å². The fourth-order valence-electron chi connectivity index (χ4n) is 5.30. The molecule has 2 N–H and O–H groups in total. The van der Waals surface area contributed by atoms with Gasteiger partial charge < -0.3 is 33.9 Å². The molecule has 1 aliphatic rings. The van der Waals surface area contributed by atoms with E-state index in [9.17, 15) is 10.2 Å². The minimum absolute atomic E-state index is 0.0712. The van der Waals surface area contributed by atoms with E-state index in [1.165, 1.54) is 0 Å². The van der Waals surface area contributed by atoms with E-state index in [0.29, 0.717) is 13.2 Å². The van der Waals surface area contributed by atoms with Crippen molar-refractivity contribution in [3.05, 3.63) is 144 Å². The third-order valence-electron chi connectivity index (χ3n) is 7.50.